The predicted molar refractivity (Wildman–Crippen MR) is 119 cm³/mol. The Morgan fingerprint density at radius 3 is 1.63 bits per heavy atom. The highest BCUT2D eigenvalue weighted by molar-refractivity contribution is 6.05. The Bertz CT molecular complexity index is 767. The van der Waals surface area contributed by atoms with Crippen LogP contribution in [0.1, 0.15) is 71.1 Å². The van der Waals surface area contributed by atoms with Crippen molar-refractivity contribution in [3.63, 3.8) is 0 Å². The average molecular weight is 363 g/mol. The van der Waals surface area contributed by atoms with E-state index >= 15 is 0 Å². The molecule has 0 N–H and O–H groups in total. The van der Waals surface area contributed by atoms with Gasteiger partial charge in [0, 0.05) is 10.8 Å². The van der Waals surface area contributed by atoms with Gasteiger partial charge in [-0.2, -0.15) is 0 Å². The van der Waals surface area contributed by atoms with Crippen LogP contribution in [0.5, 0.6) is 5.75 Å². The summed E-state index contributed by atoms with van der Waals surface area (Å²) in [4.78, 5) is 0. The normalized spacial score (nSPS) is 11.3. The van der Waals surface area contributed by atoms with E-state index in [-0.39, 0.29) is 0 Å². The largest absolute Gasteiger partial charge is 0.492 e. The van der Waals surface area contributed by atoms with Gasteiger partial charge < -0.3 is 4.74 Å². The third kappa shape index (κ3) is 5.73. The Hall–Kier alpha value is -2.02. The second-order valence-corrected chi connectivity index (χ2v) is 7.68. The molecule has 144 valence electrons. The van der Waals surface area contributed by atoms with Crippen molar-refractivity contribution in [3.05, 3.63) is 54.6 Å². The summed E-state index contributed by atoms with van der Waals surface area (Å²) in [7, 11) is 0. The Kier molecular flexibility index (Phi) is 8.02. The minimum absolute atomic E-state index is 0.814. The second kappa shape index (κ2) is 11.0. The molecule has 3 aromatic rings. The first-order valence-corrected chi connectivity index (χ1v) is 10.9. The van der Waals surface area contributed by atoms with E-state index in [4.69, 9.17) is 4.74 Å². The van der Waals surface area contributed by atoms with Gasteiger partial charge in [-0.25, -0.2) is 0 Å². The van der Waals surface area contributed by atoms with Crippen molar-refractivity contribution in [1.29, 1.82) is 0 Å². The highest BCUT2D eigenvalue weighted by Gasteiger charge is 2.08. The molecule has 0 aromatic heterocycles. The first-order valence-electron chi connectivity index (χ1n) is 10.9. The van der Waals surface area contributed by atoms with Crippen LogP contribution in [-0.4, -0.2) is 6.61 Å². The fourth-order valence-electron chi connectivity index (χ4n) is 3.89. The number of benzene rings is 3. The standard InChI is InChI=1S/C26H34O/c1-2-3-4-5-6-7-8-9-10-15-20-27-26-24-18-13-11-16-22(24)21-23-17-12-14-19-25(23)26/h11-14,16-19,21H,2-10,15,20H2,1H3. The summed E-state index contributed by atoms with van der Waals surface area (Å²) in [5, 5.41) is 4.97. The summed E-state index contributed by atoms with van der Waals surface area (Å²) >= 11 is 0. The number of hydrogen-bond donors (Lipinski definition) is 0. The Morgan fingerprint density at radius 2 is 1.07 bits per heavy atom. The van der Waals surface area contributed by atoms with Crippen LogP contribution in [-0.2, 0) is 0 Å². The molecule has 0 spiro atoms. The molecular formula is C26H34O. The molecule has 1 heteroatoms. The van der Waals surface area contributed by atoms with Crippen molar-refractivity contribution in [3.8, 4) is 5.75 Å². The molecule has 3 rings (SSSR count). The first kappa shape index (κ1) is 19.7. The van der Waals surface area contributed by atoms with Crippen molar-refractivity contribution in [1.82, 2.24) is 0 Å². The molecule has 0 radical (unpaired) electrons. The van der Waals surface area contributed by atoms with Crippen LogP contribution >= 0.6 is 0 Å². The summed E-state index contributed by atoms with van der Waals surface area (Å²) in [6, 6.07) is 19.4. The zero-order chi connectivity index (χ0) is 18.7. The fourth-order valence-corrected chi connectivity index (χ4v) is 3.89. The van der Waals surface area contributed by atoms with Crippen LogP contribution in [0, 0.1) is 0 Å². The van der Waals surface area contributed by atoms with Gasteiger partial charge in [-0.1, -0.05) is 113 Å². The molecule has 0 aliphatic heterocycles. The minimum Gasteiger partial charge on any atom is -0.492 e. The van der Waals surface area contributed by atoms with Gasteiger partial charge in [0.15, 0.2) is 0 Å². The summed E-state index contributed by atoms with van der Waals surface area (Å²) in [6.07, 6.45) is 13.5. The molecule has 0 saturated heterocycles. The van der Waals surface area contributed by atoms with Crippen molar-refractivity contribution < 1.29 is 4.74 Å². The Labute approximate surface area is 164 Å². The summed E-state index contributed by atoms with van der Waals surface area (Å²) in [5.74, 6) is 1.06. The molecule has 27 heavy (non-hydrogen) atoms. The van der Waals surface area contributed by atoms with E-state index in [0.717, 1.165) is 18.8 Å². The maximum atomic E-state index is 6.30. The Morgan fingerprint density at radius 1 is 0.593 bits per heavy atom. The van der Waals surface area contributed by atoms with Crippen molar-refractivity contribution in [2.45, 2.75) is 71.1 Å². The molecule has 0 unspecified atom stereocenters. The average Bonchev–Trinajstić information content (AvgIpc) is 2.71. The molecule has 0 bridgehead atoms. The number of rotatable bonds is 12. The summed E-state index contributed by atoms with van der Waals surface area (Å²) in [5.41, 5.74) is 0. The van der Waals surface area contributed by atoms with E-state index in [9.17, 15) is 0 Å². The van der Waals surface area contributed by atoms with Gasteiger partial charge in [0.05, 0.1) is 6.61 Å². The van der Waals surface area contributed by atoms with Crippen LogP contribution < -0.4 is 4.74 Å². The number of fused-ring (bicyclic) bond motifs is 2. The lowest BCUT2D eigenvalue weighted by molar-refractivity contribution is 0.311. The zero-order valence-corrected chi connectivity index (χ0v) is 16.9. The molecule has 0 heterocycles. The van der Waals surface area contributed by atoms with E-state index in [1.165, 1.54) is 79.3 Å². The summed E-state index contributed by atoms with van der Waals surface area (Å²) in [6.45, 7) is 3.09. The van der Waals surface area contributed by atoms with Gasteiger partial charge in [-0.05, 0) is 23.3 Å². The molecule has 0 amide bonds. The quantitative estimate of drug-likeness (QED) is 0.232. The maximum Gasteiger partial charge on any atom is 0.134 e. The van der Waals surface area contributed by atoms with Crippen LogP contribution in [0.4, 0.5) is 0 Å². The highest BCUT2D eigenvalue weighted by Crippen LogP contribution is 2.34. The van der Waals surface area contributed by atoms with Crippen LogP contribution in [0.2, 0.25) is 0 Å². The third-order valence-corrected chi connectivity index (χ3v) is 5.47. The van der Waals surface area contributed by atoms with Crippen molar-refractivity contribution in [2.24, 2.45) is 0 Å². The molecule has 1 nitrogen and oxygen atoms in total. The topological polar surface area (TPSA) is 9.23 Å². The van der Waals surface area contributed by atoms with Crippen LogP contribution in [0.15, 0.2) is 54.6 Å². The maximum absolute atomic E-state index is 6.30. The third-order valence-electron chi connectivity index (χ3n) is 5.47. The zero-order valence-electron chi connectivity index (χ0n) is 16.9. The highest BCUT2D eigenvalue weighted by atomic mass is 16.5. The number of ether oxygens (including phenoxy) is 1. The molecule has 0 fully saturated rings. The van der Waals surface area contributed by atoms with Gasteiger partial charge in [0.25, 0.3) is 0 Å². The molecule has 3 aromatic carbocycles. The SMILES string of the molecule is CCCCCCCCCCCCOc1c2ccccc2cc2ccccc12. The molecular weight excluding hydrogens is 328 g/mol. The van der Waals surface area contributed by atoms with E-state index in [2.05, 4.69) is 61.5 Å². The van der Waals surface area contributed by atoms with Crippen LogP contribution in [0.3, 0.4) is 0 Å². The second-order valence-electron chi connectivity index (χ2n) is 7.68. The van der Waals surface area contributed by atoms with E-state index in [1.54, 1.807) is 0 Å². The van der Waals surface area contributed by atoms with Crippen LogP contribution in [0.25, 0.3) is 21.5 Å². The molecule has 0 saturated carbocycles. The lowest BCUT2D eigenvalue weighted by atomic mass is 10.0. The van der Waals surface area contributed by atoms with Crippen molar-refractivity contribution >= 4 is 21.5 Å². The monoisotopic (exact) mass is 362 g/mol. The first-order chi connectivity index (χ1) is 13.4. The number of unbranched alkanes of at least 4 members (excludes halogenated alkanes) is 9. The van der Waals surface area contributed by atoms with Gasteiger partial charge in [0.2, 0.25) is 0 Å². The Balaban J connectivity index is 1.46. The van der Waals surface area contributed by atoms with Gasteiger partial charge in [0.1, 0.15) is 5.75 Å². The minimum atomic E-state index is 0.814. The molecule has 0 atom stereocenters. The van der Waals surface area contributed by atoms with E-state index in [0.29, 0.717) is 0 Å². The fraction of sp³-hybridized carbons (Fsp3) is 0.462. The van der Waals surface area contributed by atoms with Gasteiger partial charge >= 0.3 is 0 Å². The lowest BCUT2D eigenvalue weighted by Gasteiger charge is -2.13. The predicted octanol–water partition coefficient (Wildman–Crippen LogP) is 8.29. The van der Waals surface area contributed by atoms with Gasteiger partial charge in [-0.15, -0.1) is 0 Å². The van der Waals surface area contributed by atoms with E-state index < -0.39 is 0 Å². The van der Waals surface area contributed by atoms with Gasteiger partial charge in [-0.3, -0.25) is 0 Å². The number of hydrogen-bond acceptors (Lipinski definition) is 1. The lowest BCUT2D eigenvalue weighted by Crippen LogP contribution is -1.99. The molecule has 0 aliphatic rings. The summed E-state index contributed by atoms with van der Waals surface area (Å²) < 4.78 is 6.30. The molecule has 0 aliphatic carbocycles. The van der Waals surface area contributed by atoms with Crippen molar-refractivity contribution in [2.75, 3.05) is 6.61 Å². The smallest absolute Gasteiger partial charge is 0.134 e. The van der Waals surface area contributed by atoms with E-state index in [1.807, 2.05) is 0 Å².